The van der Waals surface area contributed by atoms with Crippen LogP contribution in [0.4, 0.5) is 5.69 Å². The van der Waals surface area contributed by atoms with Gasteiger partial charge in [0, 0.05) is 51.8 Å². The van der Waals surface area contributed by atoms with Gasteiger partial charge in [-0.15, -0.1) is 0 Å². The van der Waals surface area contributed by atoms with E-state index in [4.69, 9.17) is 13.9 Å². The number of halogens is 1. The van der Waals surface area contributed by atoms with Crippen LogP contribution >= 0.6 is 15.9 Å². The van der Waals surface area contributed by atoms with Crippen LogP contribution in [0, 0.1) is 10.1 Å². The number of rotatable bonds is 6. The molecule has 1 saturated heterocycles. The molecule has 0 amide bonds. The van der Waals surface area contributed by atoms with E-state index in [0.29, 0.717) is 40.1 Å². The first kappa shape index (κ1) is 23.2. The molecular weight excluding hydrogens is 496 g/mol. The Hall–Kier alpha value is -2.95. The Morgan fingerprint density at radius 1 is 1.27 bits per heavy atom. The summed E-state index contributed by atoms with van der Waals surface area (Å²) in [6.07, 6.45) is 0.621. The second-order valence-electron chi connectivity index (χ2n) is 7.92. The highest BCUT2D eigenvalue weighted by Crippen LogP contribution is 2.42. The molecule has 1 fully saturated rings. The number of likely N-dealkylation sites (tertiary alicyclic amines) is 1. The Labute approximate surface area is 197 Å². The lowest BCUT2D eigenvalue weighted by Crippen LogP contribution is -2.33. The Morgan fingerprint density at radius 3 is 2.67 bits per heavy atom. The fourth-order valence-corrected chi connectivity index (χ4v) is 4.93. The van der Waals surface area contributed by atoms with Gasteiger partial charge in [0.25, 0.3) is 5.69 Å². The zero-order valence-corrected chi connectivity index (χ0v) is 19.9. The molecule has 0 radical (unpaired) electrons. The van der Waals surface area contributed by atoms with Crippen molar-refractivity contribution in [2.45, 2.75) is 18.4 Å². The summed E-state index contributed by atoms with van der Waals surface area (Å²) in [5, 5.41) is 21.8. The number of fused-ring (bicyclic) bond motifs is 1. The van der Waals surface area contributed by atoms with E-state index in [9.17, 15) is 20.0 Å². The predicted molar refractivity (Wildman–Crippen MR) is 126 cm³/mol. The first-order valence-electron chi connectivity index (χ1n) is 10.3. The zero-order valence-electron chi connectivity index (χ0n) is 18.3. The lowest BCUT2D eigenvalue weighted by molar-refractivity contribution is -0.384. The van der Waals surface area contributed by atoms with Crippen LogP contribution in [-0.2, 0) is 0 Å². The van der Waals surface area contributed by atoms with Crippen molar-refractivity contribution >= 4 is 32.6 Å². The molecule has 2 aromatic carbocycles. The van der Waals surface area contributed by atoms with E-state index in [-0.39, 0.29) is 46.4 Å². The van der Waals surface area contributed by atoms with E-state index >= 15 is 0 Å². The van der Waals surface area contributed by atoms with Crippen molar-refractivity contribution in [1.82, 2.24) is 4.90 Å². The maximum Gasteiger partial charge on any atom is 0.270 e. The number of benzene rings is 2. The monoisotopic (exact) mass is 518 g/mol. The fraction of sp³-hybridized carbons (Fsp3) is 0.348. The minimum absolute atomic E-state index is 0.132. The molecule has 2 unspecified atom stereocenters. The minimum atomic E-state index is -0.499. The molecule has 0 saturated carbocycles. The van der Waals surface area contributed by atoms with E-state index in [1.165, 1.54) is 26.4 Å². The summed E-state index contributed by atoms with van der Waals surface area (Å²) < 4.78 is 17.6. The van der Waals surface area contributed by atoms with E-state index < -0.39 is 4.92 Å². The van der Waals surface area contributed by atoms with Gasteiger partial charge in [-0.3, -0.25) is 14.9 Å². The normalized spacial score (nSPS) is 18.6. The molecule has 1 N–H and O–H groups in total. The number of methoxy groups -OCH3 is 2. The van der Waals surface area contributed by atoms with E-state index in [1.54, 1.807) is 18.2 Å². The number of hydrogen-bond acceptors (Lipinski definition) is 8. The average Bonchev–Trinajstić information content (AvgIpc) is 3.17. The van der Waals surface area contributed by atoms with Crippen LogP contribution in [0.5, 0.6) is 11.5 Å². The van der Waals surface area contributed by atoms with Crippen LogP contribution in [0.2, 0.25) is 0 Å². The number of nitro groups is 1. The molecule has 1 aliphatic heterocycles. The summed E-state index contributed by atoms with van der Waals surface area (Å²) in [5.74, 6) is 0.620. The van der Waals surface area contributed by atoms with Crippen molar-refractivity contribution in [2.75, 3.05) is 34.4 Å². The SMILES string of the molecule is COc1cc(OC)c2c(=O)c(C3CCN(C)C3CO)c(-c3cc([N+](=O)[O-])ccc3Br)oc2c1. The maximum absolute atomic E-state index is 14.0. The van der Waals surface area contributed by atoms with Crippen molar-refractivity contribution in [2.24, 2.45) is 0 Å². The molecule has 0 spiro atoms. The smallest absolute Gasteiger partial charge is 0.270 e. The van der Waals surface area contributed by atoms with Gasteiger partial charge >= 0.3 is 0 Å². The molecule has 4 rings (SSSR count). The fourth-order valence-electron chi connectivity index (χ4n) is 4.50. The number of ether oxygens (including phenoxy) is 2. The number of aliphatic hydroxyl groups excluding tert-OH is 1. The maximum atomic E-state index is 14.0. The third-order valence-corrected chi connectivity index (χ3v) is 6.90. The van der Waals surface area contributed by atoms with Crippen molar-refractivity contribution in [3.63, 3.8) is 0 Å². The largest absolute Gasteiger partial charge is 0.496 e. The van der Waals surface area contributed by atoms with Crippen LogP contribution in [0.15, 0.2) is 44.0 Å². The quantitative estimate of drug-likeness (QED) is 0.385. The summed E-state index contributed by atoms with van der Waals surface area (Å²) in [7, 11) is 4.83. The molecule has 9 nitrogen and oxygen atoms in total. The molecular formula is C23H23BrN2O7. The predicted octanol–water partition coefficient (Wildman–Crippen LogP) is 3.93. The van der Waals surface area contributed by atoms with Gasteiger partial charge in [-0.2, -0.15) is 0 Å². The average molecular weight is 519 g/mol. The van der Waals surface area contributed by atoms with Gasteiger partial charge in [-0.05, 0) is 26.1 Å². The van der Waals surface area contributed by atoms with Crippen molar-refractivity contribution in [3.05, 3.63) is 60.7 Å². The zero-order chi connectivity index (χ0) is 23.9. The van der Waals surface area contributed by atoms with Crippen LogP contribution < -0.4 is 14.9 Å². The summed E-state index contributed by atoms with van der Waals surface area (Å²) in [4.78, 5) is 26.9. The van der Waals surface area contributed by atoms with E-state index in [0.717, 1.165) is 0 Å². The van der Waals surface area contributed by atoms with Gasteiger partial charge < -0.3 is 23.9 Å². The van der Waals surface area contributed by atoms with Crippen LogP contribution in [-0.4, -0.2) is 55.4 Å². The molecule has 0 aliphatic carbocycles. The van der Waals surface area contributed by atoms with Crippen molar-refractivity contribution < 1.29 is 23.9 Å². The highest BCUT2D eigenvalue weighted by atomic mass is 79.9. The molecule has 3 aromatic rings. The molecule has 1 aromatic heterocycles. The lowest BCUT2D eigenvalue weighted by atomic mass is 9.88. The van der Waals surface area contributed by atoms with Crippen molar-refractivity contribution in [1.29, 1.82) is 0 Å². The molecule has 1 aliphatic rings. The first-order chi connectivity index (χ1) is 15.8. The number of likely N-dealkylation sites (N-methyl/N-ethyl adjacent to an activating group) is 1. The number of aliphatic hydroxyl groups is 1. The van der Waals surface area contributed by atoms with E-state index in [2.05, 4.69) is 15.9 Å². The molecule has 2 atom stereocenters. The number of nitrogens with zero attached hydrogens (tertiary/aromatic N) is 2. The molecule has 10 heteroatoms. The highest BCUT2D eigenvalue weighted by molar-refractivity contribution is 9.10. The molecule has 33 heavy (non-hydrogen) atoms. The summed E-state index contributed by atoms with van der Waals surface area (Å²) in [5.41, 5.74) is 0.539. The van der Waals surface area contributed by atoms with E-state index in [1.807, 2.05) is 11.9 Å². The highest BCUT2D eigenvalue weighted by Gasteiger charge is 2.38. The van der Waals surface area contributed by atoms with Gasteiger partial charge in [0.1, 0.15) is 28.2 Å². The van der Waals surface area contributed by atoms with Gasteiger partial charge in [-0.1, -0.05) is 15.9 Å². The second kappa shape index (κ2) is 9.12. The van der Waals surface area contributed by atoms with Crippen LogP contribution in [0.1, 0.15) is 17.9 Å². The minimum Gasteiger partial charge on any atom is -0.496 e. The molecule has 0 bridgehead atoms. The Morgan fingerprint density at radius 2 is 2.03 bits per heavy atom. The second-order valence-corrected chi connectivity index (χ2v) is 8.78. The number of hydrogen-bond donors (Lipinski definition) is 1. The first-order valence-corrected chi connectivity index (χ1v) is 11.1. The number of non-ortho nitro benzene ring substituents is 1. The summed E-state index contributed by atoms with van der Waals surface area (Å²) in [6, 6.07) is 7.20. The third-order valence-electron chi connectivity index (χ3n) is 6.21. The topological polar surface area (TPSA) is 115 Å². The molecule has 174 valence electrons. The Bertz CT molecular complexity index is 1290. The van der Waals surface area contributed by atoms with Crippen molar-refractivity contribution in [3.8, 4) is 22.8 Å². The number of nitro benzene ring substituents is 1. The molecule has 2 heterocycles. The Balaban J connectivity index is 2.12. The summed E-state index contributed by atoms with van der Waals surface area (Å²) >= 11 is 3.45. The van der Waals surface area contributed by atoms with Gasteiger partial charge in [0.05, 0.1) is 25.7 Å². The standard InChI is InChI=1S/C23H23BrN2O7/c1-25-7-6-14(17(25)11-27)20-22(28)21-18(32-3)9-13(31-2)10-19(21)33-23(20)15-8-12(26(29)30)4-5-16(15)24/h4-5,8-10,14,17,27H,6-7,11H2,1-3H3. The lowest BCUT2D eigenvalue weighted by Gasteiger charge is -2.24. The van der Waals surface area contributed by atoms with Crippen LogP contribution in [0.25, 0.3) is 22.3 Å². The summed E-state index contributed by atoms with van der Waals surface area (Å²) in [6.45, 7) is 0.538. The van der Waals surface area contributed by atoms with Gasteiger partial charge in [-0.25, -0.2) is 0 Å². The Kier molecular flexibility index (Phi) is 6.42. The van der Waals surface area contributed by atoms with Crippen LogP contribution in [0.3, 0.4) is 0 Å². The van der Waals surface area contributed by atoms with Gasteiger partial charge in [0.2, 0.25) is 5.43 Å². The third kappa shape index (κ3) is 3.98. The van der Waals surface area contributed by atoms with Gasteiger partial charge in [0.15, 0.2) is 0 Å².